The first-order valence-corrected chi connectivity index (χ1v) is 10.1. The van der Waals surface area contributed by atoms with Gasteiger partial charge in [0.25, 0.3) is 0 Å². The Labute approximate surface area is 162 Å². The molecule has 1 heterocycles. The predicted octanol–water partition coefficient (Wildman–Crippen LogP) is 2.76. The zero-order chi connectivity index (χ0) is 19.1. The Morgan fingerprint density at radius 2 is 1.78 bits per heavy atom. The number of piperidine rings is 1. The van der Waals surface area contributed by atoms with Crippen LogP contribution in [-0.4, -0.2) is 25.6 Å². The fraction of sp³-hybridized carbons (Fsp3) is 0.435. The second-order valence-corrected chi connectivity index (χ2v) is 7.42. The van der Waals surface area contributed by atoms with Crippen molar-refractivity contribution < 1.29 is 14.4 Å². The van der Waals surface area contributed by atoms with Gasteiger partial charge in [-0.1, -0.05) is 30.3 Å². The maximum absolute atomic E-state index is 12.6. The van der Waals surface area contributed by atoms with E-state index >= 15 is 0 Å². The number of nitrogens with one attached hydrogen (secondary N) is 2. The zero-order valence-corrected chi connectivity index (χ0v) is 16.4. The number of carbonyl (C=O) groups is 1. The molecule has 27 heavy (non-hydrogen) atoms. The van der Waals surface area contributed by atoms with Gasteiger partial charge in [0.15, 0.2) is 0 Å². The first-order valence-electron chi connectivity index (χ1n) is 10.1. The lowest BCUT2D eigenvalue weighted by Crippen LogP contribution is -3.11. The lowest BCUT2D eigenvalue weighted by Gasteiger charge is -2.29. The van der Waals surface area contributed by atoms with Crippen molar-refractivity contribution in [3.8, 4) is 5.75 Å². The van der Waals surface area contributed by atoms with Crippen LogP contribution in [0.5, 0.6) is 5.75 Å². The minimum Gasteiger partial charge on any atom is -0.494 e. The smallest absolute Gasteiger partial charge is 0.224 e. The summed E-state index contributed by atoms with van der Waals surface area (Å²) in [6, 6.07) is 18.6. The predicted molar refractivity (Wildman–Crippen MR) is 108 cm³/mol. The quantitative estimate of drug-likeness (QED) is 0.790. The van der Waals surface area contributed by atoms with Crippen LogP contribution >= 0.6 is 0 Å². The molecule has 0 saturated carbocycles. The van der Waals surface area contributed by atoms with Crippen LogP contribution in [0.2, 0.25) is 0 Å². The highest BCUT2D eigenvalue weighted by atomic mass is 16.5. The monoisotopic (exact) mass is 367 g/mol. The number of rotatable bonds is 7. The van der Waals surface area contributed by atoms with Crippen molar-refractivity contribution in [2.45, 2.75) is 39.3 Å². The summed E-state index contributed by atoms with van der Waals surface area (Å²) < 4.78 is 5.50. The van der Waals surface area contributed by atoms with Crippen molar-refractivity contribution in [2.75, 3.05) is 19.7 Å². The molecule has 0 unspecified atom stereocenters. The van der Waals surface area contributed by atoms with Gasteiger partial charge < -0.3 is 15.0 Å². The second kappa shape index (κ2) is 9.56. The van der Waals surface area contributed by atoms with Gasteiger partial charge in [-0.2, -0.15) is 0 Å². The standard InChI is InChI=1S/C23H30N2O2/c1-3-27-22-11-9-19(10-12-22)17-25-15-13-21(14-16-25)23(26)24-18(2)20-7-5-4-6-8-20/h4-12,18,21H,3,13-17H2,1-2H3,(H,24,26)/p+1/t18-/m1/s1. The largest absolute Gasteiger partial charge is 0.494 e. The number of amides is 1. The van der Waals surface area contributed by atoms with Crippen molar-refractivity contribution in [1.29, 1.82) is 0 Å². The Morgan fingerprint density at radius 1 is 1.11 bits per heavy atom. The van der Waals surface area contributed by atoms with Gasteiger partial charge in [0.05, 0.1) is 25.7 Å². The van der Waals surface area contributed by atoms with E-state index in [0.29, 0.717) is 6.61 Å². The molecule has 0 bridgehead atoms. The Kier molecular flexibility index (Phi) is 6.88. The summed E-state index contributed by atoms with van der Waals surface area (Å²) in [6.45, 7) is 7.86. The summed E-state index contributed by atoms with van der Waals surface area (Å²) in [5, 5.41) is 3.19. The van der Waals surface area contributed by atoms with E-state index in [2.05, 4.69) is 36.5 Å². The third-order valence-electron chi connectivity index (χ3n) is 5.41. The Balaban J connectivity index is 1.44. The summed E-state index contributed by atoms with van der Waals surface area (Å²) in [5.41, 5.74) is 2.48. The molecule has 0 spiro atoms. The summed E-state index contributed by atoms with van der Waals surface area (Å²) in [7, 11) is 0. The van der Waals surface area contributed by atoms with Crippen molar-refractivity contribution in [3.63, 3.8) is 0 Å². The van der Waals surface area contributed by atoms with Crippen molar-refractivity contribution in [1.82, 2.24) is 5.32 Å². The third-order valence-corrected chi connectivity index (χ3v) is 5.41. The summed E-state index contributed by atoms with van der Waals surface area (Å²) in [5.74, 6) is 1.27. The van der Waals surface area contributed by atoms with Gasteiger partial charge in [-0.15, -0.1) is 0 Å². The average Bonchev–Trinajstić information content (AvgIpc) is 2.71. The maximum atomic E-state index is 12.6. The summed E-state index contributed by atoms with van der Waals surface area (Å²) >= 11 is 0. The fourth-order valence-electron chi connectivity index (χ4n) is 3.78. The molecule has 4 nitrogen and oxygen atoms in total. The zero-order valence-electron chi connectivity index (χ0n) is 16.4. The Bertz CT molecular complexity index is 707. The highest BCUT2D eigenvalue weighted by Gasteiger charge is 2.28. The van der Waals surface area contributed by atoms with Gasteiger partial charge in [-0.05, 0) is 43.7 Å². The van der Waals surface area contributed by atoms with Crippen LogP contribution in [0.25, 0.3) is 0 Å². The number of likely N-dealkylation sites (tertiary alicyclic amines) is 1. The van der Waals surface area contributed by atoms with Crippen molar-refractivity contribution >= 4 is 5.91 Å². The van der Waals surface area contributed by atoms with Crippen LogP contribution in [0.4, 0.5) is 0 Å². The van der Waals surface area contributed by atoms with E-state index in [-0.39, 0.29) is 17.9 Å². The third kappa shape index (κ3) is 5.57. The van der Waals surface area contributed by atoms with E-state index in [1.807, 2.05) is 37.3 Å². The minimum atomic E-state index is 0.0629. The highest BCUT2D eigenvalue weighted by molar-refractivity contribution is 5.79. The molecule has 2 N–H and O–H groups in total. The van der Waals surface area contributed by atoms with Crippen LogP contribution in [0.3, 0.4) is 0 Å². The van der Waals surface area contributed by atoms with E-state index in [1.165, 1.54) is 5.56 Å². The molecular weight excluding hydrogens is 336 g/mol. The number of benzene rings is 2. The van der Waals surface area contributed by atoms with Gasteiger partial charge in [0.2, 0.25) is 5.91 Å². The van der Waals surface area contributed by atoms with Crippen molar-refractivity contribution in [3.05, 3.63) is 65.7 Å². The minimum absolute atomic E-state index is 0.0629. The van der Waals surface area contributed by atoms with Crippen LogP contribution in [0.15, 0.2) is 54.6 Å². The summed E-state index contributed by atoms with van der Waals surface area (Å²) in [4.78, 5) is 14.2. The molecule has 1 aliphatic heterocycles. The first-order chi connectivity index (χ1) is 13.2. The molecular formula is C23H31N2O2+. The second-order valence-electron chi connectivity index (χ2n) is 7.42. The van der Waals surface area contributed by atoms with E-state index in [9.17, 15) is 4.79 Å². The maximum Gasteiger partial charge on any atom is 0.224 e. The molecule has 1 aliphatic rings. The van der Waals surface area contributed by atoms with E-state index in [1.54, 1.807) is 4.90 Å². The van der Waals surface area contributed by atoms with Crippen LogP contribution in [0.1, 0.15) is 43.9 Å². The number of ether oxygens (including phenoxy) is 1. The SMILES string of the molecule is CCOc1ccc(C[NH+]2CCC(C(=O)N[C@H](C)c3ccccc3)CC2)cc1. The van der Waals surface area contributed by atoms with Gasteiger partial charge in [0.1, 0.15) is 12.3 Å². The lowest BCUT2D eigenvalue weighted by molar-refractivity contribution is -0.919. The average molecular weight is 368 g/mol. The number of hydrogen-bond donors (Lipinski definition) is 2. The number of quaternary nitrogens is 1. The molecule has 1 fully saturated rings. The molecule has 144 valence electrons. The first kappa shape index (κ1) is 19.4. The number of carbonyl (C=O) groups excluding carboxylic acids is 1. The normalized spacial score (nSPS) is 20.7. The highest BCUT2D eigenvalue weighted by Crippen LogP contribution is 2.16. The summed E-state index contributed by atoms with van der Waals surface area (Å²) in [6.07, 6.45) is 1.92. The van der Waals surface area contributed by atoms with Crippen LogP contribution in [0, 0.1) is 5.92 Å². The molecule has 1 atom stereocenters. The molecule has 2 aromatic rings. The van der Waals surface area contributed by atoms with Gasteiger partial charge >= 0.3 is 0 Å². The van der Waals surface area contributed by atoms with Crippen LogP contribution < -0.4 is 15.0 Å². The molecule has 3 rings (SSSR count). The fourth-order valence-corrected chi connectivity index (χ4v) is 3.78. The molecule has 0 aromatic heterocycles. The molecule has 1 saturated heterocycles. The molecule has 2 aromatic carbocycles. The van der Waals surface area contributed by atoms with Gasteiger partial charge in [0, 0.05) is 24.3 Å². The molecule has 1 amide bonds. The molecule has 0 radical (unpaired) electrons. The van der Waals surface area contributed by atoms with Crippen molar-refractivity contribution in [2.24, 2.45) is 5.92 Å². The van der Waals surface area contributed by atoms with Gasteiger partial charge in [-0.3, -0.25) is 4.79 Å². The topological polar surface area (TPSA) is 42.8 Å². The van der Waals surface area contributed by atoms with E-state index in [4.69, 9.17) is 4.74 Å². The Hall–Kier alpha value is -2.33. The molecule has 0 aliphatic carbocycles. The Morgan fingerprint density at radius 3 is 2.41 bits per heavy atom. The van der Waals surface area contributed by atoms with Crippen LogP contribution in [-0.2, 0) is 11.3 Å². The lowest BCUT2D eigenvalue weighted by atomic mass is 9.95. The van der Waals surface area contributed by atoms with E-state index in [0.717, 1.165) is 43.8 Å². The van der Waals surface area contributed by atoms with Gasteiger partial charge in [-0.25, -0.2) is 0 Å². The molecule has 4 heteroatoms. The number of hydrogen-bond acceptors (Lipinski definition) is 2. The van der Waals surface area contributed by atoms with E-state index < -0.39 is 0 Å².